The fraction of sp³-hybridized carbons (Fsp3) is 0.304. The van der Waals surface area contributed by atoms with Crippen molar-refractivity contribution in [2.24, 2.45) is 0 Å². The van der Waals surface area contributed by atoms with E-state index in [0.29, 0.717) is 24.9 Å². The van der Waals surface area contributed by atoms with Gasteiger partial charge in [0.05, 0.1) is 18.7 Å². The SMILES string of the molecule is C=CCC1(c2ccc(F)cc2)CCN(C(C)c2cccc(C(=O)OC)c2)C(=O)O1. The van der Waals surface area contributed by atoms with Crippen molar-refractivity contribution >= 4 is 12.1 Å². The van der Waals surface area contributed by atoms with Gasteiger partial charge in [0, 0.05) is 19.4 Å². The van der Waals surface area contributed by atoms with E-state index in [2.05, 4.69) is 6.58 Å². The van der Waals surface area contributed by atoms with Gasteiger partial charge in [0.25, 0.3) is 0 Å². The van der Waals surface area contributed by atoms with Gasteiger partial charge in [0.2, 0.25) is 0 Å². The molecule has 0 N–H and O–H groups in total. The highest BCUT2D eigenvalue weighted by Gasteiger charge is 2.42. The molecule has 1 aliphatic heterocycles. The Labute approximate surface area is 169 Å². The fourth-order valence-corrected chi connectivity index (χ4v) is 3.70. The topological polar surface area (TPSA) is 55.8 Å². The molecule has 2 aromatic rings. The number of esters is 1. The molecule has 5 nitrogen and oxygen atoms in total. The predicted molar refractivity (Wildman–Crippen MR) is 107 cm³/mol. The van der Waals surface area contributed by atoms with E-state index in [1.165, 1.54) is 19.2 Å². The molecule has 2 aromatic carbocycles. The van der Waals surface area contributed by atoms with E-state index in [-0.39, 0.29) is 11.9 Å². The summed E-state index contributed by atoms with van der Waals surface area (Å²) in [5.74, 6) is -0.771. The Morgan fingerprint density at radius 2 is 2.07 bits per heavy atom. The Morgan fingerprint density at radius 3 is 2.69 bits per heavy atom. The second kappa shape index (κ2) is 8.47. The number of methoxy groups -OCH3 is 1. The number of hydrogen-bond acceptors (Lipinski definition) is 4. The summed E-state index contributed by atoms with van der Waals surface area (Å²) in [7, 11) is 1.33. The van der Waals surface area contributed by atoms with E-state index < -0.39 is 17.7 Å². The molecular weight excluding hydrogens is 373 g/mol. The van der Waals surface area contributed by atoms with Crippen LogP contribution in [-0.4, -0.2) is 30.6 Å². The van der Waals surface area contributed by atoms with Gasteiger partial charge in [0.1, 0.15) is 11.4 Å². The summed E-state index contributed by atoms with van der Waals surface area (Å²) in [6.07, 6.45) is 2.22. The van der Waals surface area contributed by atoms with Crippen LogP contribution in [0.5, 0.6) is 0 Å². The van der Waals surface area contributed by atoms with Gasteiger partial charge in [-0.15, -0.1) is 6.58 Å². The Balaban J connectivity index is 1.83. The third-order valence-corrected chi connectivity index (χ3v) is 5.38. The molecule has 0 spiro atoms. The van der Waals surface area contributed by atoms with Crippen molar-refractivity contribution < 1.29 is 23.5 Å². The van der Waals surface area contributed by atoms with E-state index in [9.17, 15) is 14.0 Å². The first-order valence-corrected chi connectivity index (χ1v) is 9.45. The average molecular weight is 397 g/mol. The smallest absolute Gasteiger partial charge is 0.411 e. The number of ether oxygens (including phenoxy) is 2. The highest BCUT2D eigenvalue weighted by molar-refractivity contribution is 5.89. The molecule has 6 heteroatoms. The normalized spacial score (nSPS) is 20.0. The molecular formula is C23H24FNO4. The molecule has 0 saturated carbocycles. The van der Waals surface area contributed by atoms with Crippen molar-refractivity contribution in [3.63, 3.8) is 0 Å². The minimum absolute atomic E-state index is 0.290. The first-order chi connectivity index (χ1) is 13.9. The molecule has 0 radical (unpaired) electrons. The molecule has 1 amide bonds. The van der Waals surface area contributed by atoms with Crippen molar-refractivity contribution in [1.82, 2.24) is 4.90 Å². The lowest BCUT2D eigenvalue weighted by Gasteiger charge is -2.43. The maximum Gasteiger partial charge on any atom is 0.411 e. The van der Waals surface area contributed by atoms with E-state index in [0.717, 1.165) is 11.1 Å². The molecule has 1 aliphatic rings. The van der Waals surface area contributed by atoms with Gasteiger partial charge >= 0.3 is 12.1 Å². The minimum atomic E-state index is -0.864. The second-order valence-corrected chi connectivity index (χ2v) is 7.10. The first kappa shape index (κ1) is 20.6. The lowest BCUT2D eigenvalue weighted by atomic mass is 9.85. The molecule has 2 atom stereocenters. The standard InChI is InChI=1S/C23H24FNO4/c1-4-12-23(19-8-10-20(24)11-9-19)13-14-25(22(27)29-23)16(2)17-6-5-7-18(15-17)21(26)28-3/h4-11,15-16H,1,12-14H2,2-3H3. The quantitative estimate of drug-likeness (QED) is 0.509. The summed E-state index contributed by atoms with van der Waals surface area (Å²) in [5, 5.41) is 0. The van der Waals surface area contributed by atoms with Crippen LogP contribution in [0.15, 0.2) is 61.2 Å². The van der Waals surface area contributed by atoms with Crippen LogP contribution < -0.4 is 0 Å². The molecule has 0 bridgehead atoms. The van der Waals surface area contributed by atoms with E-state index in [4.69, 9.17) is 9.47 Å². The number of nitrogens with zero attached hydrogens (tertiary/aromatic N) is 1. The number of halogens is 1. The Bertz CT molecular complexity index is 911. The van der Waals surface area contributed by atoms with E-state index in [1.54, 1.807) is 41.3 Å². The molecule has 1 heterocycles. The molecule has 0 aliphatic carbocycles. The van der Waals surface area contributed by atoms with Crippen molar-refractivity contribution in [2.75, 3.05) is 13.7 Å². The second-order valence-electron chi connectivity index (χ2n) is 7.10. The lowest BCUT2D eigenvalue weighted by molar-refractivity contribution is -0.0588. The Kier molecular flexibility index (Phi) is 6.01. The van der Waals surface area contributed by atoms with Crippen LogP contribution in [0.4, 0.5) is 9.18 Å². The molecule has 3 rings (SSSR count). The Hall–Kier alpha value is -3.15. The minimum Gasteiger partial charge on any atom is -0.465 e. The van der Waals surface area contributed by atoms with Crippen molar-refractivity contribution in [2.45, 2.75) is 31.4 Å². The largest absolute Gasteiger partial charge is 0.465 e. The van der Waals surface area contributed by atoms with Crippen LogP contribution >= 0.6 is 0 Å². The number of hydrogen-bond donors (Lipinski definition) is 0. The van der Waals surface area contributed by atoms with Gasteiger partial charge in [-0.2, -0.15) is 0 Å². The van der Waals surface area contributed by atoms with Crippen LogP contribution in [0, 0.1) is 5.82 Å². The zero-order valence-electron chi connectivity index (χ0n) is 16.6. The average Bonchev–Trinajstić information content (AvgIpc) is 2.73. The first-order valence-electron chi connectivity index (χ1n) is 9.45. The van der Waals surface area contributed by atoms with Gasteiger partial charge < -0.3 is 14.4 Å². The summed E-state index contributed by atoms with van der Waals surface area (Å²) in [6.45, 7) is 6.12. The summed E-state index contributed by atoms with van der Waals surface area (Å²) in [4.78, 5) is 26.3. The van der Waals surface area contributed by atoms with Crippen LogP contribution in [0.25, 0.3) is 0 Å². The summed E-state index contributed by atoms with van der Waals surface area (Å²) >= 11 is 0. The van der Waals surface area contributed by atoms with Gasteiger partial charge in [-0.1, -0.05) is 30.3 Å². The van der Waals surface area contributed by atoms with Crippen LogP contribution in [0.1, 0.15) is 47.3 Å². The third kappa shape index (κ3) is 4.16. The molecule has 29 heavy (non-hydrogen) atoms. The maximum absolute atomic E-state index is 13.3. The molecule has 2 unspecified atom stereocenters. The highest BCUT2D eigenvalue weighted by atomic mass is 19.1. The zero-order chi connectivity index (χ0) is 21.0. The summed E-state index contributed by atoms with van der Waals surface area (Å²) in [5.41, 5.74) is 1.11. The molecule has 1 saturated heterocycles. The van der Waals surface area contributed by atoms with Gasteiger partial charge in [-0.05, 0) is 42.3 Å². The number of rotatable bonds is 6. The monoisotopic (exact) mass is 397 g/mol. The Morgan fingerprint density at radius 1 is 1.34 bits per heavy atom. The molecule has 0 aromatic heterocycles. The molecule has 152 valence electrons. The summed E-state index contributed by atoms with van der Waals surface area (Å²) < 4.78 is 24.0. The zero-order valence-corrected chi connectivity index (χ0v) is 16.6. The van der Waals surface area contributed by atoms with E-state index >= 15 is 0 Å². The van der Waals surface area contributed by atoms with Gasteiger partial charge in [-0.3, -0.25) is 0 Å². The van der Waals surface area contributed by atoms with Crippen molar-refractivity contribution in [1.29, 1.82) is 0 Å². The van der Waals surface area contributed by atoms with Crippen molar-refractivity contribution in [3.8, 4) is 0 Å². The molecule has 1 fully saturated rings. The van der Waals surface area contributed by atoms with Gasteiger partial charge in [0.15, 0.2) is 0 Å². The lowest BCUT2D eigenvalue weighted by Crippen LogP contribution is -2.48. The van der Waals surface area contributed by atoms with Gasteiger partial charge in [-0.25, -0.2) is 14.0 Å². The third-order valence-electron chi connectivity index (χ3n) is 5.38. The summed E-state index contributed by atoms with van der Waals surface area (Å²) in [6, 6.07) is 12.7. The number of benzene rings is 2. The van der Waals surface area contributed by atoms with Crippen LogP contribution in [-0.2, 0) is 15.1 Å². The fourth-order valence-electron chi connectivity index (χ4n) is 3.70. The number of carbonyl (C=O) groups excluding carboxylic acids is 2. The highest BCUT2D eigenvalue weighted by Crippen LogP contribution is 2.39. The van der Waals surface area contributed by atoms with Crippen LogP contribution in [0.2, 0.25) is 0 Å². The van der Waals surface area contributed by atoms with Crippen LogP contribution in [0.3, 0.4) is 0 Å². The number of carbonyl (C=O) groups is 2. The van der Waals surface area contributed by atoms with E-state index in [1.807, 2.05) is 13.0 Å². The van der Waals surface area contributed by atoms with Crippen molar-refractivity contribution in [3.05, 3.63) is 83.7 Å². The number of amides is 1. The number of cyclic esters (lactones) is 1. The maximum atomic E-state index is 13.3. The predicted octanol–water partition coefficient (Wildman–Crippen LogP) is 4.99.